The molecule has 1 aromatic carbocycles. The first-order chi connectivity index (χ1) is 9.56. The van der Waals surface area contributed by atoms with Crippen molar-refractivity contribution in [2.45, 2.75) is 31.0 Å². The molecule has 106 valence electrons. The number of hydrogen-bond acceptors (Lipinski definition) is 5. The Labute approximate surface area is 116 Å². The van der Waals surface area contributed by atoms with Crippen molar-refractivity contribution in [1.82, 2.24) is 25.2 Å². The highest BCUT2D eigenvalue weighted by molar-refractivity contribution is 7.89. The van der Waals surface area contributed by atoms with Crippen LogP contribution < -0.4 is 10.0 Å². The van der Waals surface area contributed by atoms with Gasteiger partial charge in [0.2, 0.25) is 10.0 Å². The van der Waals surface area contributed by atoms with Crippen LogP contribution in [0.2, 0.25) is 0 Å². The summed E-state index contributed by atoms with van der Waals surface area (Å²) < 4.78 is 27.3. The van der Waals surface area contributed by atoms with E-state index in [1.165, 1.54) is 6.33 Å². The summed E-state index contributed by atoms with van der Waals surface area (Å²) in [5, 5.41) is 9.56. The molecule has 1 unspecified atom stereocenters. The Balaban J connectivity index is 1.85. The van der Waals surface area contributed by atoms with Gasteiger partial charge < -0.3 is 5.32 Å². The van der Waals surface area contributed by atoms with Crippen LogP contribution in [0.25, 0.3) is 0 Å². The lowest BCUT2D eigenvalue weighted by Crippen LogP contribution is -2.27. The smallest absolute Gasteiger partial charge is 0.241 e. The average molecular weight is 293 g/mol. The number of H-pyrrole nitrogens is 1. The van der Waals surface area contributed by atoms with Crippen LogP contribution in [0.1, 0.15) is 29.9 Å². The lowest BCUT2D eigenvalue weighted by atomic mass is 10.1. The maximum Gasteiger partial charge on any atom is 0.241 e. The minimum atomic E-state index is -3.57. The Hall–Kier alpha value is -1.77. The predicted molar refractivity (Wildman–Crippen MR) is 72.1 cm³/mol. The quantitative estimate of drug-likeness (QED) is 0.760. The Kier molecular flexibility index (Phi) is 3.28. The molecule has 1 aliphatic heterocycles. The lowest BCUT2D eigenvalue weighted by Gasteiger charge is -2.12. The van der Waals surface area contributed by atoms with E-state index in [1.54, 1.807) is 19.1 Å². The molecular formula is C12H15N5O2S. The highest BCUT2D eigenvalue weighted by Gasteiger charge is 2.21. The van der Waals surface area contributed by atoms with Gasteiger partial charge in [-0.2, -0.15) is 5.10 Å². The molecule has 1 atom stereocenters. The lowest BCUT2D eigenvalue weighted by molar-refractivity contribution is 0.560. The molecule has 2 heterocycles. The first-order valence-electron chi connectivity index (χ1n) is 6.26. The van der Waals surface area contributed by atoms with E-state index in [4.69, 9.17) is 0 Å². The fourth-order valence-corrected chi connectivity index (χ4v) is 3.48. The third-order valence-corrected chi connectivity index (χ3v) is 4.83. The number of sulfonamides is 1. The van der Waals surface area contributed by atoms with Crippen molar-refractivity contribution in [3.8, 4) is 0 Å². The van der Waals surface area contributed by atoms with Gasteiger partial charge >= 0.3 is 0 Å². The van der Waals surface area contributed by atoms with Crippen LogP contribution in [0.3, 0.4) is 0 Å². The molecule has 0 saturated heterocycles. The van der Waals surface area contributed by atoms with Gasteiger partial charge in [0.15, 0.2) is 0 Å². The van der Waals surface area contributed by atoms with E-state index in [1.807, 2.05) is 6.07 Å². The van der Waals surface area contributed by atoms with Crippen LogP contribution >= 0.6 is 0 Å². The van der Waals surface area contributed by atoms with Gasteiger partial charge in [0.25, 0.3) is 0 Å². The van der Waals surface area contributed by atoms with Crippen LogP contribution in [0.15, 0.2) is 29.4 Å². The van der Waals surface area contributed by atoms with Crippen molar-refractivity contribution >= 4 is 10.0 Å². The molecule has 3 N–H and O–H groups in total. The standard InChI is InChI=1S/C12H15N5O2S/c1-8(12-14-7-15-16-12)17-20(18,19)11-3-2-9-5-13-6-10(9)4-11/h2-4,7-8,13,17H,5-6H2,1H3,(H,14,15,16). The van der Waals surface area contributed by atoms with Gasteiger partial charge in [-0.1, -0.05) is 6.07 Å². The van der Waals surface area contributed by atoms with Gasteiger partial charge in [0.05, 0.1) is 10.9 Å². The first kappa shape index (κ1) is 13.2. The third-order valence-electron chi connectivity index (χ3n) is 3.29. The number of fused-ring (bicyclic) bond motifs is 1. The average Bonchev–Trinajstić information content (AvgIpc) is 3.08. The van der Waals surface area contributed by atoms with E-state index in [2.05, 4.69) is 25.2 Å². The zero-order chi connectivity index (χ0) is 14.2. The second-order valence-corrected chi connectivity index (χ2v) is 6.46. The molecule has 1 aliphatic rings. The Morgan fingerprint density at radius 1 is 1.30 bits per heavy atom. The number of nitrogens with zero attached hydrogens (tertiary/aromatic N) is 2. The van der Waals surface area contributed by atoms with Crippen molar-refractivity contribution < 1.29 is 8.42 Å². The summed E-state index contributed by atoms with van der Waals surface area (Å²) >= 11 is 0. The number of aromatic amines is 1. The van der Waals surface area contributed by atoms with Gasteiger partial charge in [-0.15, -0.1) is 0 Å². The minimum absolute atomic E-state index is 0.270. The van der Waals surface area contributed by atoms with Crippen molar-refractivity contribution in [3.63, 3.8) is 0 Å². The second-order valence-electron chi connectivity index (χ2n) is 4.75. The number of rotatable bonds is 4. The van der Waals surface area contributed by atoms with Gasteiger partial charge in [0.1, 0.15) is 12.2 Å². The first-order valence-corrected chi connectivity index (χ1v) is 7.75. The summed E-state index contributed by atoms with van der Waals surface area (Å²) in [5.74, 6) is 0.483. The molecule has 0 bridgehead atoms. The molecule has 20 heavy (non-hydrogen) atoms. The molecule has 2 aromatic rings. The highest BCUT2D eigenvalue weighted by Crippen LogP contribution is 2.21. The Morgan fingerprint density at radius 2 is 2.10 bits per heavy atom. The molecule has 1 aromatic heterocycles. The SMILES string of the molecule is CC(NS(=O)(=O)c1ccc2c(c1)CNC2)c1ncn[nH]1. The van der Waals surface area contributed by atoms with Crippen LogP contribution in [0, 0.1) is 0 Å². The van der Waals surface area contributed by atoms with Crippen LogP contribution in [-0.2, 0) is 23.1 Å². The van der Waals surface area contributed by atoms with Crippen molar-refractivity contribution in [3.05, 3.63) is 41.5 Å². The maximum absolute atomic E-state index is 12.3. The Morgan fingerprint density at radius 3 is 2.85 bits per heavy atom. The Bertz CT molecular complexity index is 711. The summed E-state index contributed by atoms with van der Waals surface area (Å²) in [6.45, 7) is 3.21. The van der Waals surface area contributed by atoms with Gasteiger partial charge in [-0.25, -0.2) is 18.1 Å². The maximum atomic E-state index is 12.3. The fraction of sp³-hybridized carbons (Fsp3) is 0.333. The topological polar surface area (TPSA) is 99.8 Å². The van der Waals surface area contributed by atoms with Crippen LogP contribution in [-0.4, -0.2) is 23.6 Å². The van der Waals surface area contributed by atoms with E-state index in [-0.39, 0.29) is 4.90 Å². The van der Waals surface area contributed by atoms with Crippen LogP contribution in [0.5, 0.6) is 0 Å². The van der Waals surface area contributed by atoms with Gasteiger partial charge in [0, 0.05) is 13.1 Å². The molecule has 0 saturated carbocycles. The molecule has 0 radical (unpaired) electrons. The van der Waals surface area contributed by atoms with E-state index in [0.717, 1.165) is 17.7 Å². The van der Waals surface area contributed by atoms with E-state index in [9.17, 15) is 8.42 Å². The molecule has 8 heteroatoms. The molecule has 7 nitrogen and oxygen atoms in total. The summed E-state index contributed by atoms with van der Waals surface area (Å²) in [7, 11) is -3.57. The van der Waals surface area contributed by atoms with E-state index in [0.29, 0.717) is 12.4 Å². The number of hydrogen-bond donors (Lipinski definition) is 3. The summed E-state index contributed by atoms with van der Waals surface area (Å²) in [6, 6.07) is 4.73. The number of nitrogens with one attached hydrogen (secondary N) is 3. The minimum Gasteiger partial charge on any atom is -0.309 e. The van der Waals surface area contributed by atoms with E-state index >= 15 is 0 Å². The molecular weight excluding hydrogens is 278 g/mol. The second kappa shape index (κ2) is 4.97. The van der Waals surface area contributed by atoms with E-state index < -0.39 is 16.1 Å². The molecule has 0 amide bonds. The van der Waals surface area contributed by atoms with Crippen LogP contribution in [0.4, 0.5) is 0 Å². The predicted octanol–water partition coefficient (Wildman–Crippen LogP) is 0.447. The summed E-state index contributed by atoms with van der Waals surface area (Å²) in [4.78, 5) is 4.22. The molecule has 0 fully saturated rings. The summed E-state index contributed by atoms with van der Waals surface area (Å²) in [5.41, 5.74) is 2.17. The molecule has 0 aliphatic carbocycles. The number of benzene rings is 1. The third kappa shape index (κ3) is 2.45. The van der Waals surface area contributed by atoms with Crippen molar-refractivity contribution in [1.29, 1.82) is 0 Å². The van der Waals surface area contributed by atoms with Gasteiger partial charge in [-0.3, -0.25) is 5.10 Å². The zero-order valence-electron chi connectivity index (χ0n) is 10.9. The monoisotopic (exact) mass is 293 g/mol. The highest BCUT2D eigenvalue weighted by atomic mass is 32.2. The molecule has 3 rings (SSSR count). The van der Waals surface area contributed by atoms with Crippen molar-refractivity contribution in [2.75, 3.05) is 0 Å². The molecule has 0 spiro atoms. The largest absolute Gasteiger partial charge is 0.309 e. The normalized spacial score (nSPS) is 16.1. The fourth-order valence-electron chi connectivity index (χ4n) is 2.22. The van der Waals surface area contributed by atoms with Gasteiger partial charge in [-0.05, 0) is 30.2 Å². The van der Waals surface area contributed by atoms with Crippen molar-refractivity contribution in [2.24, 2.45) is 0 Å². The zero-order valence-corrected chi connectivity index (χ0v) is 11.7. The summed E-state index contributed by atoms with van der Waals surface area (Å²) in [6.07, 6.45) is 1.35. The number of aromatic nitrogens is 3.